The summed E-state index contributed by atoms with van der Waals surface area (Å²) in [4.78, 5) is 22.2. The SMILES string of the molecule is CC(=O)OC(C)C(=O)Cc1ccccc1. The number of Topliss-reactive ketones (excluding diaryl/α,β-unsaturated/α-hetero) is 1. The summed E-state index contributed by atoms with van der Waals surface area (Å²) in [6.07, 6.45) is -0.363. The Morgan fingerprint density at radius 3 is 2.40 bits per heavy atom. The molecule has 0 N–H and O–H groups in total. The quantitative estimate of drug-likeness (QED) is 0.705. The number of carbonyl (C=O) groups excluding carboxylic acids is 2. The molecule has 1 atom stereocenters. The van der Waals surface area contributed by atoms with E-state index < -0.39 is 12.1 Å². The first kappa shape index (κ1) is 11.4. The van der Waals surface area contributed by atoms with Gasteiger partial charge in [0.15, 0.2) is 11.9 Å². The molecule has 1 aromatic rings. The molecule has 0 aliphatic rings. The third kappa shape index (κ3) is 3.94. The fourth-order valence-electron chi connectivity index (χ4n) is 1.26. The van der Waals surface area contributed by atoms with Crippen LogP contribution in [0.3, 0.4) is 0 Å². The Bertz CT molecular complexity index is 343. The summed E-state index contributed by atoms with van der Waals surface area (Å²) in [7, 11) is 0. The second-order valence-corrected chi connectivity index (χ2v) is 3.38. The number of hydrogen-bond acceptors (Lipinski definition) is 3. The molecular formula is C12H14O3. The van der Waals surface area contributed by atoms with Gasteiger partial charge in [-0.3, -0.25) is 9.59 Å². The van der Waals surface area contributed by atoms with Crippen LogP contribution in [0.1, 0.15) is 19.4 Å². The molecule has 0 saturated carbocycles. The lowest BCUT2D eigenvalue weighted by molar-refractivity contribution is -0.151. The standard InChI is InChI=1S/C12H14O3/c1-9(15-10(2)13)12(14)8-11-6-4-3-5-7-11/h3-7,9H,8H2,1-2H3. The number of ether oxygens (including phenoxy) is 1. The van der Waals surface area contributed by atoms with Crippen molar-refractivity contribution in [2.24, 2.45) is 0 Å². The number of carbonyl (C=O) groups is 2. The van der Waals surface area contributed by atoms with Crippen LogP contribution in [-0.2, 0) is 20.7 Å². The number of ketones is 1. The van der Waals surface area contributed by atoms with Crippen molar-refractivity contribution in [3.05, 3.63) is 35.9 Å². The molecule has 0 heterocycles. The van der Waals surface area contributed by atoms with Crippen LogP contribution in [0.4, 0.5) is 0 Å². The lowest BCUT2D eigenvalue weighted by Crippen LogP contribution is -2.24. The lowest BCUT2D eigenvalue weighted by atomic mass is 10.1. The molecule has 0 fully saturated rings. The first-order valence-electron chi connectivity index (χ1n) is 4.83. The van der Waals surface area contributed by atoms with Crippen molar-refractivity contribution in [3.63, 3.8) is 0 Å². The van der Waals surface area contributed by atoms with Gasteiger partial charge < -0.3 is 4.74 Å². The number of rotatable bonds is 4. The normalized spacial score (nSPS) is 11.9. The van der Waals surface area contributed by atoms with Gasteiger partial charge in [-0.15, -0.1) is 0 Å². The molecule has 0 aromatic heterocycles. The third-order valence-electron chi connectivity index (χ3n) is 2.02. The minimum atomic E-state index is -0.664. The summed E-state index contributed by atoms with van der Waals surface area (Å²) in [5, 5.41) is 0. The summed E-state index contributed by atoms with van der Waals surface area (Å²) >= 11 is 0. The highest BCUT2D eigenvalue weighted by Crippen LogP contribution is 2.04. The van der Waals surface area contributed by atoms with Crippen LogP contribution in [0.2, 0.25) is 0 Å². The molecule has 15 heavy (non-hydrogen) atoms. The van der Waals surface area contributed by atoms with Crippen LogP contribution in [0.15, 0.2) is 30.3 Å². The number of esters is 1. The molecule has 0 amide bonds. The predicted octanol–water partition coefficient (Wildman–Crippen LogP) is 1.75. The van der Waals surface area contributed by atoms with Gasteiger partial charge in [-0.25, -0.2) is 0 Å². The maximum atomic E-state index is 11.6. The average Bonchev–Trinajstić information content (AvgIpc) is 2.18. The summed E-state index contributed by atoms with van der Waals surface area (Å²) in [6, 6.07) is 9.39. The van der Waals surface area contributed by atoms with Crippen molar-refractivity contribution in [2.45, 2.75) is 26.4 Å². The van der Waals surface area contributed by atoms with E-state index in [1.807, 2.05) is 30.3 Å². The van der Waals surface area contributed by atoms with E-state index in [0.717, 1.165) is 5.56 Å². The Hall–Kier alpha value is -1.64. The number of hydrogen-bond donors (Lipinski definition) is 0. The van der Waals surface area contributed by atoms with Gasteiger partial charge in [0.1, 0.15) is 0 Å². The Balaban J connectivity index is 2.52. The maximum absolute atomic E-state index is 11.6. The summed E-state index contributed by atoms with van der Waals surface area (Å²) < 4.78 is 4.80. The zero-order chi connectivity index (χ0) is 11.3. The van der Waals surface area contributed by atoms with Gasteiger partial charge in [0, 0.05) is 13.3 Å². The first-order valence-corrected chi connectivity index (χ1v) is 4.83. The van der Waals surface area contributed by atoms with Crippen molar-refractivity contribution < 1.29 is 14.3 Å². The van der Waals surface area contributed by atoms with Gasteiger partial charge in [-0.1, -0.05) is 30.3 Å². The average molecular weight is 206 g/mol. The van der Waals surface area contributed by atoms with E-state index in [-0.39, 0.29) is 5.78 Å². The van der Waals surface area contributed by atoms with Gasteiger partial charge in [-0.2, -0.15) is 0 Å². The molecule has 0 radical (unpaired) electrons. The Morgan fingerprint density at radius 1 is 1.27 bits per heavy atom. The minimum absolute atomic E-state index is 0.0867. The zero-order valence-electron chi connectivity index (χ0n) is 8.90. The largest absolute Gasteiger partial charge is 0.455 e. The molecule has 0 saturated heterocycles. The minimum Gasteiger partial charge on any atom is -0.455 e. The van der Waals surface area contributed by atoms with Gasteiger partial charge in [0.25, 0.3) is 0 Å². The second kappa shape index (κ2) is 5.29. The van der Waals surface area contributed by atoms with Crippen LogP contribution in [0.5, 0.6) is 0 Å². The molecule has 1 unspecified atom stereocenters. The van der Waals surface area contributed by atoms with Gasteiger partial charge in [0.05, 0.1) is 0 Å². The molecule has 1 aromatic carbocycles. The maximum Gasteiger partial charge on any atom is 0.303 e. The van der Waals surface area contributed by atoms with E-state index in [9.17, 15) is 9.59 Å². The third-order valence-corrected chi connectivity index (χ3v) is 2.02. The molecule has 0 aliphatic carbocycles. The topological polar surface area (TPSA) is 43.4 Å². The van der Waals surface area contributed by atoms with Crippen molar-refractivity contribution in [2.75, 3.05) is 0 Å². The Kier molecular flexibility index (Phi) is 4.03. The molecule has 0 spiro atoms. The van der Waals surface area contributed by atoms with Crippen molar-refractivity contribution in [3.8, 4) is 0 Å². The summed E-state index contributed by atoms with van der Waals surface area (Å²) in [5.74, 6) is -0.514. The zero-order valence-corrected chi connectivity index (χ0v) is 8.90. The van der Waals surface area contributed by atoms with Crippen LogP contribution in [0, 0.1) is 0 Å². The fraction of sp³-hybridized carbons (Fsp3) is 0.333. The second-order valence-electron chi connectivity index (χ2n) is 3.38. The lowest BCUT2D eigenvalue weighted by Gasteiger charge is -2.10. The van der Waals surface area contributed by atoms with E-state index in [4.69, 9.17) is 4.74 Å². The van der Waals surface area contributed by atoms with Crippen LogP contribution < -0.4 is 0 Å². The monoisotopic (exact) mass is 206 g/mol. The summed E-state index contributed by atoms with van der Waals surface area (Å²) in [6.45, 7) is 2.89. The van der Waals surface area contributed by atoms with Crippen molar-refractivity contribution in [1.29, 1.82) is 0 Å². The molecule has 1 rings (SSSR count). The molecule has 0 bridgehead atoms. The van der Waals surface area contributed by atoms with Crippen LogP contribution >= 0.6 is 0 Å². The molecule has 80 valence electrons. The molecular weight excluding hydrogens is 192 g/mol. The van der Waals surface area contributed by atoms with Crippen LogP contribution in [0.25, 0.3) is 0 Å². The van der Waals surface area contributed by atoms with Crippen molar-refractivity contribution in [1.82, 2.24) is 0 Å². The molecule has 3 heteroatoms. The van der Waals surface area contributed by atoms with Gasteiger partial charge in [0.2, 0.25) is 0 Å². The van der Waals surface area contributed by atoms with E-state index in [1.165, 1.54) is 6.92 Å². The van der Waals surface area contributed by atoms with Gasteiger partial charge in [-0.05, 0) is 12.5 Å². The Labute approximate surface area is 89.1 Å². The fourth-order valence-corrected chi connectivity index (χ4v) is 1.26. The van der Waals surface area contributed by atoms with E-state index in [1.54, 1.807) is 6.92 Å². The summed E-state index contributed by atoms with van der Waals surface area (Å²) in [5.41, 5.74) is 0.932. The van der Waals surface area contributed by atoms with Crippen LogP contribution in [-0.4, -0.2) is 17.9 Å². The van der Waals surface area contributed by atoms with Crippen molar-refractivity contribution >= 4 is 11.8 Å². The predicted molar refractivity (Wildman–Crippen MR) is 56.4 cm³/mol. The molecule has 0 aliphatic heterocycles. The smallest absolute Gasteiger partial charge is 0.303 e. The molecule has 3 nitrogen and oxygen atoms in total. The highest BCUT2D eigenvalue weighted by Gasteiger charge is 2.15. The highest BCUT2D eigenvalue weighted by molar-refractivity contribution is 5.86. The van der Waals surface area contributed by atoms with Gasteiger partial charge >= 0.3 is 5.97 Å². The van der Waals surface area contributed by atoms with E-state index in [2.05, 4.69) is 0 Å². The number of benzene rings is 1. The highest BCUT2D eigenvalue weighted by atomic mass is 16.5. The first-order chi connectivity index (χ1) is 7.09. The van der Waals surface area contributed by atoms with E-state index >= 15 is 0 Å². The Morgan fingerprint density at radius 2 is 1.87 bits per heavy atom. The van der Waals surface area contributed by atoms with E-state index in [0.29, 0.717) is 6.42 Å².